The number of sulfonamides is 1. The van der Waals surface area contributed by atoms with E-state index in [1.807, 2.05) is 13.8 Å². The van der Waals surface area contributed by atoms with Crippen LogP contribution >= 0.6 is 11.6 Å². The summed E-state index contributed by atoms with van der Waals surface area (Å²) in [4.78, 5) is 21.7. The molecular weight excluding hydrogens is 360 g/mol. The average molecular weight is 379 g/mol. The van der Waals surface area contributed by atoms with Crippen LogP contribution in [-0.4, -0.2) is 32.5 Å². The fourth-order valence-electron chi connectivity index (χ4n) is 2.05. The molecule has 0 aromatic heterocycles. The second-order valence-corrected chi connectivity index (χ2v) is 7.75. The number of nitro benzene ring substituents is 1. The van der Waals surface area contributed by atoms with Gasteiger partial charge in [-0.2, -0.15) is 4.72 Å². The number of nitrogens with zero attached hydrogens (tertiary/aromatic N) is 1. The normalized spacial score (nSPS) is 12.9. The van der Waals surface area contributed by atoms with Crippen LogP contribution < -0.4 is 4.72 Å². The summed E-state index contributed by atoms with van der Waals surface area (Å²) in [6, 6.07) is 0.919. The number of benzene rings is 1. The Morgan fingerprint density at radius 2 is 2.00 bits per heavy atom. The van der Waals surface area contributed by atoms with Gasteiger partial charge < -0.3 is 4.74 Å². The zero-order chi connectivity index (χ0) is 18.7. The molecule has 0 bridgehead atoms. The maximum absolute atomic E-state index is 12.5. The third-order valence-corrected chi connectivity index (χ3v) is 5.13. The van der Waals surface area contributed by atoms with Gasteiger partial charge in [-0.05, 0) is 25.3 Å². The Bertz CT molecular complexity index is 748. The lowest BCUT2D eigenvalue weighted by Gasteiger charge is -2.18. The van der Waals surface area contributed by atoms with E-state index >= 15 is 0 Å². The molecule has 134 valence electrons. The minimum Gasteiger partial charge on any atom is -0.468 e. The van der Waals surface area contributed by atoms with E-state index in [-0.39, 0.29) is 27.8 Å². The molecule has 10 heteroatoms. The molecule has 1 aromatic carbocycles. The van der Waals surface area contributed by atoms with E-state index in [2.05, 4.69) is 9.46 Å². The van der Waals surface area contributed by atoms with Gasteiger partial charge in [-0.3, -0.25) is 14.9 Å². The summed E-state index contributed by atoms with van der Waals surface area (Å²) in [6.45, 7) is 5.05. The third kappa shape index (κ3) is 4.89. The number of hydrogen-bond donors (Lipinski definition) is 1. The molecule has 0 amide bonds. The van der Waals surface area contributed by atoms with Crippen molar-refractivity contribution in [2.45, 2.75) is 38.1 Å². The molecular formula is C14H19ClN2O6S. The van der Waals surface area contributed by atoms with Crippen LogP contribution in [-0.2, 0) is 19.6 Å². The molecule has 0 spiro atoms. The Balaban J connectivity index is 3.28. The summed E-state index contributed by atoms with van der Waals surface area (Å²) in [7, 11) is -3.04. The Morgan fingerprint density at radius 3 is 2.46 bits per heavy atom. The number of methoxy groups -OCH3 is 1. The Labute approximate surface area is 145 Å². The number of carbonyl (C=O) groups is 1. The molecule has 0 aliphatic rings. The second-order valence-electron chi connectivity index (χ2n) is 5.63. The number of esters is 1. The monoisotopic (exact) mass is 378 g/mol. The maximum Gasteiger partial charge on any atom is 0.323 e. The molecule has 0 saturated carbocycles. The van der Waals surface area contributed by atoms with Crippen LogP contribution in [0, 0.1) is 23.0 Å². The standard InChI is InChI=1S/C14H19ClN2O6S/c1-8(2)5-12(14(18)23-4)16-24(21,22)10-6-11(15)9(3)13(7-10)17(19)20/h6-8,12,16H,5H2,1-4H3/t12-/m1/s1. The Morgan fingerprint density at radius 1 is 1.42 bits per heavy atom. The first-order chi connectivity index (χ1) is 11.0. The minimum absolute atomic E-state index is 0.0211. The van der Waals surface area contributed by atoms with Crippen molar-refractivity contribution >= 4 is 33.3 Å². The van der Waals surface area contributed by atoms with Gasteiger partial charge in [-0.15, -0.1) is 0 Å². The van der Waals surface area contributed by atoms with Gasteiger partial charge in [-0.25, -0.2) is 8.42 Å². The van der Waals surface area contributed by atoms with Gasteiger partial charge >= 0.3 is 5.97 Å². The molecule has 0 unspecified atom stereocenters. The quantitative estimate of drug-likeness (QED) is 0.442. The molecule has 0 heterocycles. The van der Waals surface area contributed by atoms with Crippen LogP contribution in [0.25, 0.3) is 0 Å². The van der Waals surface area contributed by atoms with Crippen LogP contribution in [0.2, 0.25) is 5.02 Å². The second kappa shape index (κ2) is 7.91. The molecule has 0 radical (unpaired) electrons. The van der Waals surface area contributed by atoms with Crippen LogP contribution in [0.15, 0.2) is 17.0 Å². The molecule has 1 atom stereocenters. The third-order valence-electron chi connectivity index (χ3n) is 3.29. The number of halogens is 1. The molecule has 0 fully saturated rings. The number of rotatable bonds is 7. The highest BCUT2D eigenvalue weighted by Gasteiger charge is 2.29. The average Bonchev–Trinajstić information content (AvgIpc) is 2.47. The summed E-state index contributed by atoms with van der Waals surface area (Å²) in [5.74, 6) is -0.715. The van der Waals surface area contributed by atoms with Gasteiger partial charge in [0.15, 0.2) is 0 Å². The molecule has 24 heavy (non-hydrogen) atoms. The van der Waals surface area contributed by atoms with Crippen molar-refractivity contribution in [3.8, 4) is 0 Å². The number of hydrogen-bond acceptors (Lipinski definition) is 6. The highest BCUT2D eigenvalue weighted by Crippen LogP contribution is 2.29. The van der Waals surface area contributed by atoms with E-state index < -0.39 is 32.6 Å². The lowest BCUT2D eigenvalue weighted by Crippen LogP contribution is -2.42. The fourth-order valence-corrected chi connectivity index (χ4v) is 3.57. The molecule has 0 aliphatic carbocycles. The summed E-state index contributed by atoms with van der Waals surface area (Å²) in [6.07, 6.45) is 0.216. The molecule has 1 N–H and O–H groups in total. The molecule has 0 aliphatic heterocycles. The predicted molar refractivity (Wildman–Crippen MR) is 88.4 cm³/mol. The summed E-state index contributed by atoms with van der Waals surface area (Å²) in [5, 5.41) is 11.0. The summed E-state index contributed by atoms with van der Waals surface area (Å²) >= 11 is 5.89. The zero-order valence-corrected chi connectivity index (χ0v) is 15.3. The van der Waals surface area contributed by atoms with Crippen molar-refractivity contribution in [3.05, 3.63) is 32.8 Å². The molecule has 8 nitrogen and oxygen atoms in total. The lowest BCUT2D eigenvalue weighted by molar-refractivity contribution is -0.385. The van der Waals surface area contributed by atoms with Crippen LogP contribution in [0.5, 0.6) is 0 Å². The van der Waals surface area contributed by atoms with E-state index in [1.54, 1.807) is 0 Å². The smallest absolute Gasteiger partial charge is 0.323 e. The Kier molecular flexibility index (Phi) is 6.70. The van der Waals surface area contributed by atoms with E-state index in [0.717, 1.165) is 19.2 Å². The van der Waals surface area contributed by atoms with Gasteiger partial charge in [0, 0.05) is 11.6 Å². The van der Waals surface area contributed by atoms with E-state index in [4.69, 9.17) is 11.6 Å². The van der Waals surface area contributed by atoms with Crippen molar-refractivity contribution in [2.75, 3.05) is 7.11 Å². The number of carbonyl (C=O) groups excluding carboxylic acids is 1. The van der Waals surface area contributed by atoms with Gasteiger partial charge in [0.25, 0.3) is 5.69 Å². The molecule has 1 aromatic rings. The first-order valence-corrected chi connectivity index (χ1v) is 8.90. The van der Waals surface area contributed by atoms with Crippen molar-refractivity contribution in [2.24, 2.45) is 5.92 Å². The SMILES string of the molecule is COC(=O)[C@@H](CC(C)C)NS(=O)(=O)c1cc(Cl)c(C)c([N+](=O)[O-])c1. The van der Waals surface area contributed by atoms with Gasteiger partial charge in [0.2, 0.25) is 10.0 Å². The van der Waals surface area contributed by atoms with Crippen molar-refractivity contribution < 1.29 is 22.9 Å². The Hall–Kier alpha value is -1.71. The summed E-state index contributed by atoms with van der Waals surface area (Å²) < 4.78 is 31.8. The van der Waals surface area contributed by atoms with Crippen molar-refractivity contribution in [1.82, 2.24) is 4.72 Å². The lowest BCUT2D eigenvalue weighted by atomic mass is 10.1. The van der Waals surface area contributed by atoms with Crippen molar-refractivity contribution in [3.63, 3.8) is 0 Å². The molecule has 0 saturated heterocycles. The molecule has 1 rings (SSSR count). The first kappa shape index (κ1) is 20.3. The predicted octanol–water partition coefficient (Wildman–Crippen LogP) is 2.42. The topological polar surface area (TPSA) is 116 Å². The van der Waals surface area contributed by atoms with Crippen molar-refractivity contribution in [1.29, 1.82) is 0 Å². The maximum atomic E-state index is 12.5. The van der Waals surface area contributed by atoms with E-state index in [9.17, 15) is 23.3 Å². The van der Waals surface area contributed by atoms with E-state index in [0.29, 0.717) is 0 Å². The largest absolute Gasteiger partial charge is 0.468 e. The van der Waals surface area contributed by atoms with Crippen LogP contribution in [0.4, 0.5) is 5.69 Å². The summed E-state index contributed by atoms with van der Waals surface area (Å²) in [5.41, 5.74) is -0.256. The number of ether oxygens (including phenoxy) is 1. The van der Waals surface area contributed by atoms with Crippen LogP contribution in [0.1, 0.15) is 25.8 Å². The van der Waals surface area contributed by atoms with E-state index in [1.165, 1.54) is 6.92 Å². The van der Waals surface area contributed by atoms with Gasteiger partial charge in [-0.1, -0.05) is 25.4 Å². The van der Waals surface area contributed by atoms with Gasteiger partial charge in [0.05, 0.1) is 22.0 Å². The first-order valence-electron chi connectivity index (χ1n) is 7.04. The minimum atomic E-state index is -4.20. The number of nitro groups is 1. The van der Waals surface area contributed by atoms with Crippen LogP contribution in [0.3, 0.4) is 0 Å². The number of nitrogens with one attached hydrogen (secondary N) is 1. The fraction of sp³-hybridized carbons (Fsp3) is 0.500. The zero-order valence-electron chi connectivity index (χ0n) is 13.7. The highest BCUT2D eigenvalue weighted by atomic mass is 35.5. The highest BCUT2D eigenvalue weighted by molar-refractivity contribution is 7.89. The van der Waals surface area contributed by atoms with Gasteiger partial charge in [0.1, 0.15) is 6.04 Å².